The number of nitrogens with zero attached hydrogens (tertiary/aromatic N) is 1. The predicted octanol–water partition coefficient (Wildman–Crippen LogP) is 2.61. The molecule has 0 unspecified atom stereocenters. The summed E-state index contributed by atoms with van der Waals surface area (Å²) in [6.45, 7) is 3.87. The Morgan fingerprint density at radius 2 is 1.75 bits per heavy atom. The van der Waals surface area contributed by atoms with Gasteiger partial charge in [0, 0.05) is 6.04 Å². The SMILES string of the molecule is C[C@H](N[C@@H](CCCCCC1CCNCC1)C(=O)O)C(=O)N1[C@H](C(=O)O)C[C@@H]2CCCC[C@@H]21. The average molecular weight is 452 g/mol. The van der Waals surface area contributed by atoms with Crippen LogP contribution in [-0.2, 0) is 14.4 Å². The Kier molecular flexibility index (Phi) is 9.34. The molecular formula is C24H41N3O5. The molecule has 8 heteroatoms. The van der Waals surface area contributed by atoms with Crippen LogP contribution in [0.2, 0.25) is 0 Å². The van der Waals surface area contributed by atoms with Crippen molar-refractivity contribution in [1.82, 2.24) is 15.5 Å². The summed E-state index contributed by atoms with van der Waals surface area (Å²) in [6, 6.07) is -2.33. The Bertz CT molecular complexity index is 652. The molecule has 2 heterocycles. The number of hydrogen-bond acceptors (Lipinski definition) is 5. The van der Waals surface area contributed by atoms with Gasteiger partial charge in [-0.05, 0) is 70.4 Å². The number of carbonyl (C=O) groups excluding carboxylic acids is 1. The molecular weight excluding hydrogens is 410 g/mol. The normalized spacial score (nSPS) is 28.2. The van der Waals surface area contributed by atoms with Crippen LogP contribution < -0.4 is 10.6 Å². The third kappa shape index (κ3) is 6.44. The van der Waals surface area contributed by atoms with Gasteiger partial charge in [-0.25, -0.2) is 4.79 Å². The number of piperidine rings is 1. The number of carboxylic acid groups (broad SMARTS) is 2. The second-order valence-corrected chi connectivity index (χ2v) is 10.1. The number of unbranched alkanes of at least 4 members (excludes halogenated alkanes) is 2. The fourth-order valence-corrected chi connectivity index (χ4v) is 6.00. The number of carbonyl (C=O) groups is 3. The number of amides is 1. The highest BCUT2D eigenvalue weighted by atomic mass is 16.4. The summed E-state index contributed by atoms with van der Waals surface area (Å²) in [5, 5.41) is 25.7. The lowest BCUT2D eigenvalue weighted by Crippen LogP contribution is -2.55. The first-order valence-electron chi connectivity index (χ1n) is 12.6. The second-order valence-electron chi connectivity index (χ2n) is 10.1. The van der Waals surface area contributed by atoms with Crippen molar-refractivity contribution >= 4 is 17.8 Å². The molecule has 5 atom stereocenters. The van der Waals surface area contributed by atoms with Crippen LogP contribution >= 0.6 is 0 Å². The number of carboxylic acids is 2. The van der Waals surface area contributed by atoms with Crippen molar-refractivity contribution in [2.75, 3.05) is 13.1 Å². The minimum Gasteiger partial charge on any atom is -0.480 e. The van der Waals surface area contributed by atoms with Crippen LogP contribution in [0.3, 0.4) is 0 Å². The van der Waals surface area contributed by atoms with Gasteiger partial charge in [-0.1, -0.05) is 38.5 Å². The maximum Gasteiger partial charge on any atom is 0.326 e. The highest BCUT2D eigenvalue weighted by Gasteiger charge is 2.48. The first kappa shape index (κ1) is 25.0. The van der Waals surface area contributed by atoms with E-state index in [1.165, 1.54) is 19.3 Å². The van der Waals surface area contributed by atoms with Gasteiger partial charge in [-0.2, -0.15) is 0 Å². The molecule has 0 radical (unpaired) electrons. The number of aliphatic carboxylic acids is 2. The third-order valence-corrected chi connectivity index (χ3v) is 7.81. The molecule has 1 amide bonds. The van der Waals surface area contributed by atoms with E-state index in [4.69, 9.17) is 0 Å². The molecule has 4 N–H and O–H groups in total. The van der Waals surface area contributed by atoms with Gasteiger partial charge >= 0.3 is 11.9 Å². The Balaban J connectivity index is 1.48. The zero-order valence-corrected chi connectivity index (χ0v) is 19.4. The monoisotopic (exact) mass is 451 g/mol. The van der Waals surface area contributed by atoms with E-state index in [0.29, 0.717) is 12.8 Å². The van der Waals surface area contributed by atoms with Gasteiger partial charge in [0.15, 0.2) is 0 Å². The van der Waals surface area contributed by atoms with Gasteiger partial charge in [0.1, 0.15) is 12.1 Å². The molecule has 3 fully saturated rings. The molecule has 0 aromatic carbocycles. The Hall–Kier alpha value is -1.67. The molecule has 1 saturated carbocycles. The first-order valence-corrected chi connectivity index (χ1v) is 12.6. The van der Waals surface area contributed by atoms with Crippen molar-refractivity contribution in [1.29, 1.82) is 0 Å². The van der Waals surface area contributed by atoms with Crippen LogP contribution in [0.5, 0.6) is 0 Å². The summed E-state index contributed by atoms with van der Waals surface area (Å²) in [6.07, 6.45) is 11.5. The van der Waals surface area contributed by atoms with E-state index in [2.05, 4.69) is 10.6 Å². The zero-order chi connectivity index (χ0) is 23.1. The number of hydrogen-bond donors (Lipinski definition) is 4. The maximum atomic E-state index is 13.2. The highest BCUT2D eigenvalue weighted by Crippen LogP contribution is 2.40. The van der Waals surface area contributed by atoms with Crippen LogP contribution in [0.15, 0.2) is 0 Å². The number of likely N-dealkylation sites (tertiary alicyclic amines) is 1. The fourth-order valence-electron chi connectivity index (χ4n) is 6.00. The molecule has 32 heavy (non-hydrogen) atoms. The van der Waals surface area contributed by atoms with Crippen molar-refractivity contribution in [2.24, 2.45) is 11.8 Å². The minimum absolute atomic E-state index is 0.0279. The van der Waals surface area contributed by atoms with E-state index in [0.717, 1.165) is 64.0 Å². The topological polar surface area (TPSA) is 119 Å². The molecule has 3 aliphatic rings. The van der Waals surface area contributed by atoms with Crippen LogP contribution in [0.4, 0.5) is 0 Å². The molecule has 2 aliphatic heterocycles. The molecule has 2 saturated heterocycles. The number of rotatable bonds is 11. The lowest BCUT2D eigenvalue weighted by molar-refractivity contribution is -0.151. The third-order valence-electron chi connectivity index (χ3n) is 7.81. The van der Waals surface area contributed by atoms with Gasteiger partial charge < -0.3 is 20.4 Å². The summed E-state index contributed by atoms with van der Waals surface area (Å²) in [5.74, 6) is -1.15. The molecule has 182 valence electrons. The highest BCUT2D eigenvalue weighted by molar-refractivity contribution is 5.88. The quantitative estimate of drug-likeness (QED) is 0.357. The van der Waals surface area contributed by atoms with Crippen molar-refractivity contribution in [3.05, 3.63) is 0 Å². The van der Waals surface area contributed by atoms with Crippen molar-refractivity contribution < 1.29 is 24.6 Å². The van der Waals surface area contributed by atoms with E-state index in [1.54, 1.807) is 11.8 Å². The summed E-state index contributed by atoms with van der Waals surface area (Å²) in [5.41, 5.74) is 0. The van der Waals surface area contributed by atoms with Crippen LogP contribution in [-0.4, -0.2) is 70.2 Å². The van der Waals surface area contributed by atoms with Gasteiger partial charge in [0.25, 0.3) is 0 Å². The standard InChI is InChI=1S/C24H41N3O5/c1-16(22(28)27-20-10-6-5-8-18(20)15-21(27)24(31)32)26-19(23(29)30)9-4-2-3-7-17-11-13-25-14-12-17/h16-21,25-26H,2-15H2,1H3,(H,29,30)(H,31,32)/t16-,18-,19-,20-,21-/m0/s1. The summed E-state index contributed by atoms with van der Waals surface area (Å²) in [4.78, 5) is 38.4. The lowest BCUT2D eigenvalue weighted by Gasteiger charge is -2.35. The molecule has 0 bridgehead atoms. The van der Waals surface area contributed by atoms with Crippen LogP contribution in [0.25, 0.3) is 0 Å². The predicted molar refractivity (Wildman–Crippen MR) is 121 cm³/mol. The van der Waals surface area contributed by atoms with E-state index in [1.807, 2.05) is 0 Å². The number of fused-ring (bicyclic) bond motifs is 1. The summed E-state index contributed by atoms with van der Waals surface area (Å²) >= 11 is 0. The average Bonchev–Trinajstić information content (AvgIpc) is 3.18. The largest absolute Gasteiger partial charge is 0.480 e. The second kappa shape index (κ2) is 12.0. The summed E-state index contributed by atoms with van der Waals surface area (Å²) in [7, 11) is 0. The maximum absolute atomic E-state index is 13.2. The molecule has 8 nitrogen and oxygen atoms in total. The first-order chi connectivity index (χ1) is 15.4. The Labute approximate surface area is 191 Å². The Morgan fingerprint density at radius 3 is 2.44 bits per heavy atom. The number of nitrogens with one attached hydrogen (secondary N) is 2. The van der Waals surface area contributed by atoms with Crippen molar-refractivity contribution in [2.45, 2.75) is 108 Å². The fraction of sp³-hybridized carbons (Fsp3) is 0.875. The van der Waals surface area contributed by atoms with Gasteiger partial charge in [-0.3, -0.25) is 14.9 Å². The molecule has 0 aromatic heterocycles. The van der Waals surface area contributed by atoms with Crippen LogP contribution in [0, 0.1) is 11.8 Å². The van der Waals surface area contributed by atoms with E-state index in [9.17, 15) is 24.6 Å². The van der Waals surface area contributed by atoms with E-state index in [-0.39, 0.29) is 17.9 Å². The molecule has 0 spiro atoms. The molecule has 1 aliphatic carbocycles. The van der Waals surface area contributed by atoms with Crippen molar-refractivity contribution in [3.8, 4) is 0 Å². The smallest absolute Gasteiger partial charge is 0.326 e. The van der Waals surface area contributed by atoms with Gasteiger partial charge in [0.2, 0.25) is 5.91 Å². The molecule has 0 aromatic rings. The molecule has 3 rings (SSSR count). The zero-order valence-electron chi connectivity index (χ0n) is 19.4. The van der Waals surface area contributed by atoms with Crippen LogP contribution in [0.1, 0.15) is 84.0 Å². The Morgan fingerprint density at radius 1 is 1.03 bits per heavy atom. The minimum atomic E-state index is -0.955. The summed E-state index contributed by atoms with van der Waals surface area (Å²) < 4.78 is 0. The van der Waals surface area contributed by atoms with Gasteiger partial charge in [-0.15, -0.1) is 0 Å². The van der Waals surface area contributed by atoms with Gasteiger partial charge in [0.05, 0.1) is 6.04 Å². The van der Waals surface area contributed by atoms with E-state index >= 15 is 0 Å². The van der Waals surface area contributed by atoms with E-state index < -0.39 is 30.1 Å². The van der Waals surface area contributed by atoms with Crippen molar-refractivity contribution in [3.63, 3.8) is 0 Å². The lowest BCUT2D eigenvalue weighted by atomic mass is 9.84.